The molecule has 0 aromatic heterocycles. The van der Waals surface area contributed by atoms with Crippen molar-refractivity contribution in [3.8, 4) is 0 Å². The molecule has 1 aliphatic heterocycles. The average Bonchev–Trinajstić information content (AvgIpc) is 3.22. The van der Waals surface area contributed by atoms with Crippen LogP contribution in [0, 0.1) is 6.92 Å². The van der Waals surface area contributed by atoms with E-state index in [-0.39, 0.29) is 18.7 Å². The quantitative estimate of drug-likeness (QED) is 0.631. The normalized spacial score (nSPS) is 20.7. The number of ether oxygens (including phenoxy) is 1. The Morgan fingerprint density at radius 1 is 1.38 bits per heavy atom. The van der Waals surface area contributed by atoms with Crippen LogP contribution in [0.25, 0.3) is 0 Å². The lowest BCUT2D eigenvalue weighted by Crippen LogP contribution is -2.37. The van der Waals surface area contributed by atoms with Gasteiger partial charge in [-0.2, -0.15) is 0 Å². The van der Waals surface area contributed by atoms with Crippen molar-refractivity contribution in [1.29, 1.82) is 0 Å². The number of benzene rings is 1. The van der Waals surface area contributed by atoms with Crippen LogP contribution in [0.2, 0.25) is 0 Å². The summed E-state index contributed by atoms with van der Waals surface area (Å²) in [6.07, 6.45) is 2.39. The van der Waals surface area contributed by atoms with Crippen LogP contribution in [0.4, 0.5) is 0 Å². The average molecular weight is 288 g/mol. The second kappa shape index (κ2) is 5.14. The summed E-state index contributed by atoms with van der Waals surface area (Å²) >= 11 is 0. The Labute approximate surface area is 125 Å². The SMILES string of the molecule is COC(=O)c1cc(B2OCC(C)(C)O2)c(C2CC2)cc1C. The molecule has 0 atom stereocenters. The van der Waals surface area contributed by atoms with E-state index in [2.05, 4.69) is 6.07 Å². The van der Waals surface area contributed by atoms with Crippen LogP contribution in [0.15, 0.2) is 12.1 Å². The molecular weight excluding hydrogens is 267 g/mol. The number of hydrogen-bond donors (Lipinski definition) is 0. The zero-order valence-corrected chi connectivity index (χ0v) is 13.1. The van der Waals surface area contributed by atoms with Gasteiger partial charge in [-0.05, 0) is 62.2 Å². The standard InChI is InChI=1S/C16H21BO4/c1-10-7-13(11-5-6-11)14(8-12(10)15(18)19-4)17-20-9-16(2,3)21-17/h7-8,11H,5-6,9H2,1-4H3. The predicted molar refractivity (Wildman–Crippen MR) is 81.0 cm³/mol. The minimum atomic E-state index is -0.389. The summed E-state index contributed by atoms with van der Waals surface area (Å²) in [6, 6.07) is 3.98. The molecule has 1 aromatic rings. The molecule has 0 radical (unpaired) electrons. The summed E-state index contributed by atoms with van der Waals surface area (Å²) in [4.78, 5) is 11.9. The second-order valence-corrected chi connectivity index (χ2v) is 6.58. The fourth-order valence-corrected chi connectivity index (χ4v) is 2.82. The van der Waals surface area contributed by atoms with Crippen molar-refractivity contribution < 1.29 is 18.8 Å². The summed E-state index contributed by atoms with van der Waals surface area (Å²) in [5.74, 6) is 0.259. The first-order valence-electron chi connectivity index (χ1n) is 7.43. The molecule has 5 heteroatoms. The summed E-state index contributed by atoms with van der Waals surface area (Å²) < 4.78 is 16.7. The molecule has 1 heterocycles. The van der Waals surface area contributed by atoms with E-state index in [1.807, 2.05) is 26.8 Å². The highest BCUT2D eigenvalue weighted by atomic mass is 16.7. The maximum Gasteiger partial charge on any atom is 0.494 e. The number of carbonyl (C=O) groups excluding carboxylic acids is 1. The maximum atomic E-state index is 11.9. The number of methoxy groups -OCH3 is 1. The highest BCUT2D eigenvalue weighted by Crippen LogP contribution is 2.40. The van der Waals surface area contributed by atoms with E-state index in [4.69, 9.17) is 14.0 Å². The molecule has 0 N–H and O–H groups in total. The summed E-state index contributed by atoms with van der Waals surface area (Å²) in [5, 5.41) is 0. The molecule has 112 valence electrons. The Morgan fingerprint density at radius 2 is 2.10 bits per heavy atom. The molecule has 0 amide bonds. The summed E-state index contributed by atoms with van der Waals surface area (Å²) in [5.41, 5.74) is 3.48. The topological polar surface area (TPSA) is 44.8 Å². The van der Waals surface area contributed by atoms with E-state index in [0.29, 0.717) is 18.1 Å². The third-order valence-corrected chi connectivity index (χ3v) is 4.11. The van der Waals surface area contributed by atoms with Gasteiger partial charge >= 0.3 is 13.1 Å². The van der Waals surface area contributed by atoms with E-state index < -0.39 is 0 Å². The van der Waals surface area contributed by atoms with Crippen molar-refractivity contribution in [3.05, 3.63) is 28.8 Å². The van der Waals surface area contributed by atoms with Crippen molar-refractivity contribution in [3.63, 3.8) is 0 Å². The minimum Gasteiger partial charge on any atom is -0.465 e. The highest BCUT2D eigenvalue weighted by molar-refractivity contribution is 6.62. The zero-order chi connectivity index (χ0) is 15.2. The smallest absolute Gasteiger partial charge is 0.465 e. The minimum absolute atomic E-state index is 0.290. The monoisotopic (exact) mass is 288 g/mol. The Bertz CT molecular complexity index is 578. The molecule has 2 aliphatic rings. The molecule has 2 fully saturated rings. The number of esters is 1. The van der Waals surface area contributed by atoms with Gasteiger partial charge in [-0.1, -0.05) is 6.07 Å². The van der Waals surface area contributed by atoms with E-state index in [1.54, 1.807) is 0 Å². The third kappa shape index (κ3) is 2.85. The molecule has 1 saturated heterocycles. The van der Waals surface area contributed by atoms with Gasteiger partial charge in [-0.3, -0.25) is 0 Å². The van der Waals surface area contributed by atoms with Crippen LogP contribution >= 0.6 is 0 Å². The van der Waals surface area contributed by atoms with Gasteiger partial charge in [0.15, 0.2) is 0 Å². The molecule has 1 aromatic carbocycles. The van der Waals surface area contributed by atoms with E-state index in [0.717, 1.165) is 11.0 Å². The van der Waals surface area contributed by atoms with Crippen LogP contribution in [-0.4, -0.2) is 32.4 Å². The van der Waals surface area contributed by atoms with E-state index in [9.17, 15) is 4.79 Å². The van der Waals surface area contributed by atoms with Crippen LogP contribution in [0.3, 0.4) is 0 Å². The molecule has 21 heavy (non-hydrogen) atoms. The number of hydrogen-bond acceptors (Lipinski definition) is 4. The third-order valence-electron chi connectivity index (χ3n) is 4.11. The van der Waals surface area contributed by atoms with Gasteiger partial charge in [-0.25, -0.2) is 4.79 Å². The fourth-order valence-electron chi connectivity index (χ4n) is 2.82. The van der Waals surface area contributed by atoms with Gasteiger partial charge in [0.1, 0.15) is 0 Å². The van der Waals surface area contributed by atoms with Crippen LogP contribution in [0.1, 0.15) is 54.1 Å². The van der Waals surface area contributed by atoms with Crippen LogP contribution in [-0.2, 0) is 14.0 Å². The highest BCUT2D eigenvalue weighted by Gasteiger charge is 2.41. The van der Waals surface area contributed by atoms with Crippen molar-refractivity contribution in [2.75, 3.05) is 13.7 Å². The lowest BCUT2D eigenvalue weighted by Gasteiger charge is -2.18. The first-order valence-corrected chi connectivity index (χ1v) is 7.43. The van der Waals surface area contributed by atoms with Crippen LogP contribution in [0.5, 0.6) is 0 Å². The van der Waals surface area contributed by atoms with Gasteiger partial charge in [0, 0.05) is 0 Å². The Hall–Kier alpha value is -1.33. The molecular formula is C16H21BO4. The molecule has 0 bridgehead atoms. The second-order valence-electron chi connectivity index (χ2n) is 6.58. The van der Waals surface area contributed by atoms with Gasteiger partial charge in [0.05, 0.1) is 24.9 Å². The maximum absolute atomic E-state index is 11.9. The zero-order valence-electron chi connectivity index (χ0n) is 13.1. The van der Waals surface area contributed by atoms with Crippen molar-refractivity contribution in [1.82, 2.24) is 0 Å². The number of carbonyl (C=O) groups is 1. The predicted octanol–water partition coefficient (Wildman–Crippen LogP) is 2.18. The first-order chi connectivity index (χ1) is 9.91. The molecule has 3 rings (SSSR count). The number of aryl methyl sites for hydroxylation is 1. The summed E-state index contributed by atoms with van der Waals surface area (Å²) in [7, 11) is 1.02. The first kappa shape index (κ1) is 14.6. The Kier molecular flexibility index (Phi) is 3.58. The van der Waals surface area contributed by atoms with Crippen molar-refractivity contribution >= 4 is 18.6 Å². The van der Waals surface area contributed by atoms with E-state index >= 15 is 0 Å². The largest absolute Gasteiger partial charge is 0.494 e. The molecule has 1 aliphatic carbocycles. The molecule has 0 spiro atoms. The lowest BCUT2D eigenvalue weighted by molar-refractivity contribution is 0.0600. The molecule has 4 nitrogen and oxygen atoms in total. The van der Waals surface area contributed by atoms with E-state index in [1.165, 1.54) is 25.5 Å². The van der Waals surface area contributed by atoms with Gasteiger partial charge in [-0.15, -0.1) is 0 Å². The molecule has 1 saturated carbocycles. The van der Waals surface area contributed by atoms with Crippen LogP contribution < -0.4 is 5.46 Å². The van der Waals surface area contributed by atoms with Gasteiger partial charge in [0.25, 0.3) is 0 Å². The lowest BCUT2D eigenvalue weighted by atomic mass is 9.73. The summed E-state index contributed by atoms with van der Waals surface area (Å²) in [6.45, 7) is 6.53. The number of rotatable bonds is 3. The van der Waals surface area contributed by atoms with Crippen molar-refractivity contribution in [2.45, 2.75) is 45.1 Å². The molecule has 0 unspecified atom stereocenters. The van der Waals surface area contributed by atoms with Gasteiger partial charge in [0.2, 0.25) is 0 Å². The Balaban J connectivity index is 2.02. The fraction of sp³-hybridized carbons (Fsp3) is 0.562. The Morgan fingerprint density at radius 3 is 2.62 bits per heavy atom. The van der Waals surface area contributed by atoms with Crippen molar-refractivity contribution in [2.24, 2.45) is 0 Å². The van der Waals surface area contributed by atoms with Gasteiger partial charge < -0.3 is 14.0 Å².